The number of nitrogens with two attached hydrogens (primary N) is 1. The zero-order valence-electron chi connectivity index (χ0n) is 12.4. The molecule has 21 heavy (non-hydrogen) atoms. The molecule has 0 saturated heterocycles. The average Bonchev–Trinajstić information content (AvgIpc) is 2.85. The first-order valence-electron chi connectivity index (χ1n) is 7.12. The second-order valence-electron chi connectivity index (χ2n) is 5.63. The summed E-state index contributed by atoms with van der Waals surface area (Å²) in [6.45, 7) is 1.25. The van der Waals surface area contributed by atoms with E-state index >= 15 is 0 Å². The molecule has 2 aromatic rings. The van der Waals surface area contributed by atoms with Crippen LogP contribution in [0.4, 0.5) is 15.8 Å². The van der Waals surface area contributed by atoms with Crippen molar-refractivity contribution < 1.29 is 4.39 Å². The van der Waals surface area contributed by atoms with Gasteiger partial charge in [0.15, 0.2) is 0 Å². The van der Waals surface area contributed by atoms with E-state index in [2.05, 4.69) is 34.1 Å². The Balaban J connectivity index is 1.93. The maximum Gasteiger partial charge on any atom is 0.123 e. The summed E-state index contributed by atoms with van der Waals surface area (Å²) in [5.74, 6) is -0.197. The average molecular weight is 285 g/mol. The molecule has 0 radical (unpaired) electrons. The van der Waals surface area contributed by atoms with Gasteiger partial charge in [0, 0.05) is 38.6 Å². The Hall–Kier alpha value is -2.07. The molecule has 0 saturated carbocycles. The molecule has 4 heteroatoms. The Kier molecular flexibility index (Phi) is 3.55. The molecule has 1 atom stereocenters. The molecule has 0 bridgehead atoms. The first-order chi connectivity index (χ1) is 10.1. The van der Waals surface area contributed by atoms with E-state index in [-0.39, 0.29) is 11.9 Å². The summed E-state index contributed by atoms with van der Waals surface area (Å²) in [5, 5.41) is 0. The zero-order valence-corrected chi connectivity index (χ0v) is 12.4. The summed E-state index contributed by atoms with van der Waals surface area (Å²) >= 11 is 0. The summed E-state index contributed by atoms with van der Waals surface area (Å²) in [7, 11) is 4.04. The number of benzene rings is 2. The highest BCUT2D eigenvalue weighted by atomic mass is 19.1. The third-order valence-corrected chi connectivity index (χ3v) is 4.10. The third-order valence-electron chi connectivity index (χ3n) is 4.10. The fourth-order valence-corrected chi connectivity index (χ4v) is 2.95. The van der Waals surface area contributed by atoms with Gasteiger partial charge in [0.1, 0.15) is 5.82 Å². The fourth-order valence-electron chi connectivity index (χ4n) is 2.95. The molecule has 0 fully saturated rings. The van der Waals surface area contributed by atoms with E-state index in [1.165, 1.54) is 6.07 Å². The maximum absolute atomic E-state index is 13.5. The van der Waals surface area contributed by atoms with Crippen LogP contribution in [0.2, 0.25) is 0 Å². The molecule has 1 heterocycles. The molecule has 3 nitrogen and oxygen atoms in total. The minimum absolute atomic E-state index is 0.0425. The van der Waals surface area contributed by atoms with Gasteiger partial charge in [0.25, 0.3) is 0 Å². The van der Waals surface area contributed by atoms with Crippen LogP contribution in [0.5, 0.6) is 0 Å². The Morgan fingerprint density at radius 1 is 1.19 bits per heavy atom. The summed E-state index contributed by atoms with van der Waals surface area (Å²) in [4.78, 5) is 4.31. The lowest BCUT2D eigenvalue weighted by Crippen LogP contribution is -2.27. The van der Waals surface area contributed by atoms with Crippen LogP contribution in [0.3, 0.4) is 0 Å². The summed E-state index contributed by atoms with van der Waals surface area (Å²) in [6, 6.07) is 13.4. The molecule has 2 aromatic carbocycles. The van der Waals surface area contributed by atoms with Crippen LogP contribution in [0.1, 0.15) is 17.2 Å². The molecular formula is C17H20FN3. The summed E-state index contributed by atoms with van der Waals surface area (Å²) in [5.41, 5.74) is 10.4. The molecule has 2 N–H and O–H groups in total. The number of halogens is 1. The van der Waals surface area contributed by atoms with Crippen LogP contribution < -0.4 is 15.5 Å². The normalized spacial score (nSPS) is 17.0. The van der Waals surface area contributed by atoms with Gasteiger partial charge in [-0.05, 0) is 47.5 Å². The van der Waals surface area contributed by atoms with Crippen molar-refractivity contribution in [3.8, 4) is 0 Å². The molecule has 3 rings (SSSR count). The number of fused-ring (bicyclic) bond motifs is 1. The third kappa shape index (κ3) is 2.47. The van der Waals surface area contributed by atoms with Crippen molar-refractivity contribution in [3.63, 3.8) is 0 Å². The van der Waals surface area contributed by atoms with E-state index in [4.69, 9.17) is 5.73 Å². The molecule has 0 amide bonds. The molecule has 0 spiro atoms. The minimum Gasteiger partial charge on any atom is -0.378 e. The number of hydrogen-bond acceptors (Lipinski definition) is 3. The highest BCUT2D eigenvalue weighted by molar-refractivity contribution is 5.59. The first kappa shape index (κ1) is 13.9. The quantitative estimate of drug-likeness (QED) is 0.941. The Labute approximate surface area is 124 Å². The monoisotopic (exact) mass is 285 g/mol. The van der Waals surface area contributed by atoms with Crippen molar-refractivity contribution in [1.82, 2.24) is 0 Å². The topological polar surface area (TPSA) is 32.5 Å². The maximum atomic E-state index is 13.5. The van der Waals surface area contributed by atoms with E-state index in [1.807, 2.05) is 20.2 Å². The fraction of sp³-hybridized carbons (Fsp3) is 0.294. The second kappa shape index (κ2) is 5.37. The number of anilines is 2. The van der Waals surface area contributed by atoms with E-state index in [0.717, 1.165) is 29.0 Å². The van der Waals surface area contributed by atoms with Gasteiger partial charge in [-0.2, -0.15) is 0 Å². The molecule has 0 aromatic heterocycles. The van der Waals surface area contributed by atoms with Crippen molar-refractivity contribution >= 4 is 11.4 Å². The highest BCUT2D eigenvalue weighted by Crippen LogP contribution is 2.37. The van der Waals surface area contributed by atoms with Gasteiger partial charge < -0.3 is 15.5 Å². The van der Waals surface area contributed by atoms with Gasteiger partial charge in [-0.1, -0.05) is 6.07 Å². The van der Waals surface area contributed by atoms with E-state index < -0.39 is 0 Å². The molecule has 1 aliphatic rings. The lowest BCUT2D eigenvalue weighted by Gasteiger charge is -2.27. The van der Waals surface area contributed by atoms with Crippen LogP contribution in [0.15, 0.2) is 42.5 Å². The van der Waals surface area contributed by atoms with Crippen molar-refractivity contribution in [3.05, 3.63) is 59.4 Å². The number of nitrogens with zero attached hydrogens (tertiary/aromatic N) is 2. The molecule has 0 aliphatic carbocycles. The van der Waals surface area contributed by atoms with Gasteiger partial charge in [-0.3, -0.25) is 0 Å². The number of hydrogen-bond donors (Lipinski definition) is 1. The van der Waals surface area contributed by atoms with E-state index in [0.29, 0.717) is 6.54 Å². The zero-order chi connectivity index (χ0) is 15.0. The number of rotatable bonds is 3. The van der Waals surface area contributed by atoms with Crippen LogP contribution in [-0.2, 0) is 6.54 Å². The molecule has 110 valence electrons. The van der Waals surface area contributed by atoms with Gasteiger partial charge in [-0.15, -0.1) is 0 Å². The molecule has 1 unspecified atom stereocenters. The van der Waals surface area contributed by atoms with Gasteiger partial charge >= 0.3 is 0 Å². The van der Waals surface area contributed by atoms with Gasteiger partial charge in [0.2, 0.25) is 0 Å². The first-order valence-corrected chi connectivity index (χ1v) is 7.12. The Bertz CT molecular complexity index is 637. The van der Waals surface area contributed by atoms with Crippen LogP contribution >= 0.6 is 0 Å². The Morgan fingerprint density at radius 3 is 2.52 bits per heavy atom. The van der Waals surface area contributed by atoms with Crippen molar-refractivity contribution in [1.29, 1.82) is 0 Å². The van der Waals surface area contributed by atoms with Gasteiger partial charge in [0.05, 0.1) is 6.04 Å². The SMILES string of the molecule is CN(C)c1ccc(N2Cc3ccc(F)cc3C2CN)cc1. The van der Waals surface area contributed by atoms with Crippen molar-refractivity contribution in [2.45, 2.75) is 12.6 Å². The Morgan fingerprint density at radius 2 is 1.90 bits per heavy atom. The second-order valence-corrected chi connectivity index (χ2v) is 5.63. The minimum atomic E-state index is -0.197. The van der Waals surface area contributed by atoms with Gasteiger partial charge in [-0.25, -0.2) is 4.39 Å². The van der Waals surface area contributed by atoms with E-state index in [1.54, 1.807) is 6.07 Å². The van der Waals surface area contributed by atoms with Crippen LogP contribution in [0, 0.1) is 5.82 Å². The summed E-state index contributed by atoms with van der Waals surface area (Å²) < 4.78 is 13.5. The largest absolute Gasteiger partial charge is 0.378 e. The van der Waals surface area contributed by atoms with E-state index in [9.17, 15) is 4.39 Å². The van der Waals surface area contributed by atoms with Crippen LogP contribution in [-0.4, -0.2) is 20.6 Å². The van der Waals surface area contributed by atoms with Crippen molar-refractivity contribution in [2.24, 2.45) is 5.73 Å². The smallest absolute Gasteiger partial charge is 0.123 e. The predicted molar refractivity (Wildman–Crippen MR) is 85.1 cm³/mol. The highest BCUT2D eigenvalue weighted by Gasteiger charge is 2.29. The predicted octanol–water partition coefficient (Wildman–Crippen LogP) is 2.91. The molecular weight excluding hydrogens is 265 g/mol. The lowest BCUT2D eigenvalue weighted by atomic mass is 10.0. The standard InChI is InChI=1S/C17H20FN3/c1-20(2)14-5-7-15(8-6-14)21-11-12-3-4-13(18)9-16(12)17(21)10-19/h3-9,17H,10-11,19H2,1-2H3. The lowest BCUT2D eigenvalue weighted by molar-refractivity contribution is 0.620. The molecule has 1 aliphatic heterocycles. The summed E-state index contributed by atoms with van der Waals surface area (Å²) in [6.07, 6.45) is 0. The van der Waals surface area contributed by atoms with Crippen molar-refractivity contribution in [2.75, 3.05) is 30.4 Å². The van der Waals surface area contributed by atoms with Crippen LogP contribution in [0.25, 0.3) is 0 Å².